The molecule has 0 atom stereocenters. The molecule has 0 spiro atoms. The van der Waals surface area contributed by atoms with E-state index in [-0.39, 0.29) is 0 Å². The average molecular weight is 432 g/mol. The second-order valence-corrected chi connectivity index (χ2v) is 8.52. The molecular formula is C22H33N5O2S. The molecule has 0 amide bonds. The molecule has 1 aromatic heterocycles. The molecule has 164 valence electrons. The lowest BCUT2D eigenvalue weighted by atomic mass is 9.97. The number of nitrogens with one attached hydrogen (secondary N) is 2. The molecule has 0 saturated carbocycles. The molecule has 0 aliphatic carbocycles. The number of guanidine groups is 1. The third-order valence-electron chi connectivity index (χ3n) is 5.27. The first-order valence-corrected chi connectivity index (χ1v) is 11.4. The normalized spacial score (nSPS) is 15.8. The monoisotopic (exact) mass is 431 g/mol. The van der Waals surface area contributed by atoms with Crippen LogP contribution in [0.5, 0.6) is 11.5 Å². The van der Waals surface area contributed by atoms with E-state index in [1.165, 1.54) is 18.5 Å². The van der Waals surface area contributed by atoms with Gasteiger partial charge in [0.05, 0.1) is 24.4 Å². The van der Waals surface area contributed by atoms with E-state index in [2.05, 4.69) is 37.8 Å². The maximum absolute atomic E-state index is 5.58. The number of aliphatic imine (C=N–C) groups is 1. The van der Waals surface area contributed by atoms with Crippen molar-refractivity contribution in [2.24, 2.45) is 10.9 Å². The zero-order valence-corrected chi connectivity index (χ0v) is 19.2. The van der Waals surface area contributed by atoms with Crippen molar-refractivity contribution in [2.45, 2.75) is 33.2 Å². The summed E-state index contributed by atoms with van der Waals surface area (Å²) in [7, 11) is 3.44. The minimum atomic E-state index is 0.606. The Morgan fingerprint density at radius 2 is 2.10 bits per heavy atom. The first-order chi connectivity index (χ1) is 14.6. The maximum Gasteiger partial charge on any atom is 0.195 e. The van der Waals surface area contributed by atoms with Gasteiger partial charge in [-0.25, -0.2) is 4.98 Å². The van der Waals surface area contributed by atoms with Gasteiger partial charge in [0.25, 0.3) is 0 Å². The van der Waals surface area contributed by atoms with Crippen LogP contribution in [0.15, 0.2) is 28.6 Å². The highest BCUT2D eigenvalue weighted by Crippen LogP contribution is 2.30. The van der Waals surface area contributed by atoms with Crippen LogP contribution < -0.4 is 20.1 Å². The van der Waals surface area contributed by atoms with Crippen molar-refractivity contribution in [3.63, 3.8) is 0 Å². The number of hydrogen-bond acceptors (Lipinski definition) is 6. The van der Waals surface area contributed by atoms with Gasteiger partial charge in [-0.2, -0.15) is 0 Å². The van der Waals surface area contributed by atoms with Crippen LogP contribution in [0.3, 0.4) is 0 Å². The summed E-state index contributed by atoms with van der Waals surface area (Å²) in [5.74, 6) is 2.86. The Balaban J connectivity index is 1.44. The summed E-state index contributed by atoms with van der Waals surface area (Å²) in [5.41, 5.74) is 2.11. The van der Waals surface area contributed by atoms with Crippen LogP contribution >= 0.6 is 11.3 Å². The van der Waals surface area contributed by atoms with Gasteiger partial charge >= 0.3 is 0 Å². The number of methoxy groups -OCH3 is 1. The van der Waals surface area contributed by atoms with Gasteiger partial charge in [0.1, 0.15) is 0 Å². The van der Waals surface area contributed by atoms with Gasteiger partial charge in [0, 0.05) is 37.3 Å². The van der Waals surface area contributed by atoms with Crippen molar-refractivity contribution in [2.75, 3.05) is 45.7 Å². The predicted molar refractivity (Wildman–Crippen MR) is 124 cm³/mol. The Kier molecular flexibility index (Phi) is 8.33. The van der Waals surface area contributed by atoms with Crippen molar-refractivity contribution in [3.8, 4) is 11.5 Å². The molecule has 2 aromatic rings. The highest BCUT2D eigenvalue weighted by atomic mass is 32.1. The Bertz CT molecular complexity index is 831. The zero-order chi connectivity index (χ0) is 21.3. The fourth-order valence-corrected chi connectivity index (χ4v) is 4.24. The Morgan fingerprint density at radius 3 is 2.73 bits per heavy atom. The third-order valence-corrected chi connectivity index (χ3v) is 6.09. The molecule has 2 N–H and O–H groups in total. The molecule has 1 saturated heterocycles. The van der Waals surface area contributed by atoms with E-state index >= 15 is 0 Å². The summed E-state index contributed by atoms with van der Waals surface area (Å²) >= 11 is 1.73. The Morgan fingerprint density at radius 1 is 1.30 bits per heavy atom. The van der Waals surface area contributed by atoms with Crippen LogP contribution in [0.4, 0.5) is 5.69 Å². The highest BCUT2D eigenvalue weighted by Gasteiger charge is 2.20. The van der Waals surface area contributed by atoms with Gasteiger partial charge in [-0.3, -0.25) is 9.89 Å². The first-order valence-electron chi connectivity index (χ1n) is 10.5. The molecule has 3 rings (SSSR count). The van der Waals surface area contributed by atoms with Gasteiger partial charge in [0.2, 0.25) is 0 Å². The molecule has 7 nitrogen and oxygen atoms in total. The molecule has 1 aliphatic heterocycles. The summed E-state index contributed by atoms with van der Waals surface area (Å²) in [4.78, 5) is 11.5. The number of thiazole rings is 1. The van der Waals surface area contributed by atoms with Gasteiger partial charge in [-0.15, -0.1) is 11.3 Å². The largest absolute Gasteiger partial charge is 0.493 e. The summed E-state index contributed by atoms with van der Waals surface area (Å²) in [6.07, 6.45) is 2.37. The standard InChI is InChI=1S/C22H33N5O2S/c1-5-29-20-7-6-18(12-21(20)28-4)26-22(23-3)24-13-17-8-10-27(11-9-17)14-19-15-30-16(2)25-19/h6-7,12,15,17H,5,8-11,13-14H2,1-4H3,(H2,23,24,26). The van der Waals surface area contributed by atoms with Crippen LogP contribution in [0.1, 0.15) is 30.5 Å². The minimum absolute atomic E-state index is 0.606. The van der Waals surface area contributed by atoms with Crippen LogP contribution in [0, 0.1) is 12.8 Å². The van der Waals surface area contributed by atoms with Gasteiger partial charge < -0.3 is 20.1 Å². The maximum atomic E-state index is 5.58. The molecule has 1 fully saturated rings. The second kappa shape index (κ2) is 11.2. The fourth-order valence-electron chi connectivity index (χ4n) is 3.64. The number of aromatic nitrogens is 1. The van der Waals surface area contributed by atoms with Crippen LogP contribution in [0.25, 0.3) is 0 Å². The lowest BCUT2D eigenvalue weighted by molar-refractivity contribution is 0.176. The molecule has 1 aliphatic rings. The number of piperidine rings is 1. The molecule has 8 heteroatoms. The number of aryl methyl sites for hydroxylation is 1. The number of hydrogen-bond donors (Lipinski definition) is 2. The van der Waals surface area contributed by atoms with Crippen LogP contribution in [-0.4, -0.2) is 56.2 Å². The molecule has 0 unspecified atom stereocenters. The number of anilines is 1. The van der Waals surface area contributed by atoms with Gasteiger partial charge in [-0.1, -0.05) is 0 Å². The highest BCUT2D eigenvalue weighted by molar-refractivity contribution is 7.09. The third kappa shape index (κ3) is 6.34. The van der Waals surface area contributed by atoms with E-state index in [0.717, 1.165) is 48.6 Å². The number of rotatable bonds is 8. The molecule has 2 heterocycles. The molecule has 1 aromatic carbocycles. The summed E-state index contributed by atoms with van der Waals surface area (Å²) < 4.78 is 11.0. The van der Waals surface area contributed by atoms with E-state index < -0.39 is 0 Å². The van der Waals surface area contributed by atoms with Crippen molar-refractivity contribution < 1.29 is 9.47 Å². The van der Waals surface area contributed by atoms with Crippen molar-refractivity contribution in [3.05, 3.63) is 34.3 Å². The van der Waals surface area contributed by atoms with E-state index in [0.29, 0.717) is 18.3 Å². The fraction of sp³-hybridized carbons (Fsp3) is 0.545. The molecule has 0 bridgehead atoms. The van der Waals surface area contributed by atoms with Crippen LogP contribution in [0.2, 0.25) is 0 Å². The molecule has 30 heavy (non-hydrogen) atoms. The van der Waals surface area contributed by atoms with E-state index in [4.69, 9.17) is 9.47 Å². The van der Waals surface area contributed by atoms with E-state index in [9.17, 15) is 0 Å². The lowest BCUT2D eigenvalue weighted by Crippen LogP contribution is -2.40. The predicted octanol–water partition coefficient (Wildman–Crippen LogP) is 3.76. The first kappa shape index (κ1) is 22.4. The summed E-state index contributed by atoms with van der Waals surface area (Å²) in [6, 6.07) is 5.81. The van der Waals surface area contributed by atoms with Crippen LogP contribution in [-0.2, 0) is 6.54 Å². The van der Waals surface area contributed by atoms with Crippen molar-refractivity contribution >= 4 is 23.0 Å². The number of likely N-dealkylation sites (tertiary alicyclic amines) is 1. The van der Waals surface area contributed by atoms with E-state index in [1.807, 2.05) is 25.1 Å². The van der Waals surface area contributed by atoms with Gasteiger partial charge in [0.15, 0.2) is 17.5 Å². The summed E-state index contributed by atoms with van der Waals surface area (Å²) in [5, 5.41) is 10.1. The lowest BCUT2D eigenvalue weighted by Gasteiger charge is -2.31. The number of ether oxygens (including phenoxy) is 2. The topological polar surface area (TPSA) is 71.0 Å². The SMILES string of the molecule is CCOc1ccc(NC(=NC)NCC2CCN(Cc3csc(C)n3)CC2)cc1OC. The Hall–Kier alpha value is -2.32. The van der Waals surface area contributed by atoms with E-state index in [1.54, 1.807) is 25.5 Å². The minimum Gasteiger partial charge on any atom is -0.493 e. The average Bonchev–Trinajstić information content (AvgIpc) is 3.17. The number of nitrogens with zero attached hydrogens (tertiary/aromatic N) is 3. The molecular weight excluding hydrogens is 398 g/mol. The smallest absolute Gasteiger partial charge is 0.195 e. The van der Waals surface area contributed by atoms with Crippen molar-refractivity contribution in [1.29, 1.82) is 0 Å². The molecule has 0 radical (unpaired) electrons. The number of benzene rings is 1. The Labute approximate surface area is 183 Å². The second-order valence-electron chi connectivity index (χ2n) is 7.45. The van der Waals surface area contributed by atoms with Crippen molar-refractivity contribution in [1.82, 2.24) is 15.2 Å². The summed E-state index contributed by atoms with van der Waals surface area (Å²) in [6.45, 7) is 8.74. The quantitative estimate of drug-likeness (QED) is 0.490. The zero-order valence-electron chi connectivity index (χ0n) is 18.4. The van der Waals surface area contributed by atoms with Gasteiger partial charge in [-0.05, 0) is 57.8 Å².